The molecule has 2 heterocycles. The minimum atomic E-state index is 0.664. The van der Waals surface area contributed by atoms with Crippen LogP contribution in [0.4, 0.5) is 0 Å². The zero-order valence-corrected chi connectivity index (χ0v) is 12.4. The van der Waals surface area contributed by atoms with Gasteiger partial charge in [0.2, 0.25) is 0 Å². The first-order chi connectivity index (χ1) is 10.3. The third-order valence-corrected chi connectivity index (χ3v) is 4.20. The van der Waals surface area contributed by atoms with Gasteiger partial charge in [0, 0.05) is 28.9 Å². The van der Waals surface area contributed by atoms with E-state index in [1.54, 1.807) is 17.5 Å². The molecule has 0 aliphatic carbocycles. The topological polar surface area (TPSA) is 49.6 Å². The Morgan fingerprint density at radius 3 is 2.71 bits per heavy atom. The van der Waals surface area contributed by atoms with E-state index in [-0.39, 0.29) is 0 Å². The number of pyridine rings is 1. The summed E-state index contributed by atoms with van der Waals surface area (Å²) in [7, 11) is 0. The minimum absolute atomic E-state index is 0.664. The van der Waals surface area contributed by atoms with Crippen LogP contribution in [0, 0.1) is 11.3 Å². The summed E-state index contributed by atoms with van der Waals surface area (Å²) in [6, 6.07) is 11.6. The van der Waals surface area contributed by atoms with Gasteiger partial charge in [-0.15, -0.1) is 11.3 Å². The molecule has 4 heteroatoms. The van der Waals surface area contributed by atoms with Crippen molar-refractivity contribution in [2.24, 2.45) is 0 Å². The molecule has 1 aromatic carbocycles. The van der Waals surface area contributed by atoms with Crippen LogP contribution in [-0.4, -0.2) is 9.97 Å². The quantitative estimate of drug-likeness (QED) is 0.722. The molecule has 102 valence electrons. The Morgan fingerprint density at radius 2 is 2.00 bits per heavy atom. The first-order valence-electron chi connectivity index (χ1n) is 6.71. The highest BCUT2D eigenvalue weighted by atomic mass is 32.1. The molecule has 3 nitrogen and oxygen atoms in total. The number of hydrogen-bond acceptors (Lipinski definition) is 4. The first kappa shape index (κ1) is 13.5. The van der Waals surface area contributed by atoms with Crippen LogP contribution >= 0.6 is 11.3 Å². The van der Waals surface area contributed by atoms with Gasteiger partial charge in [-0.2, -0.15) is 5.26 Å². The van der Waals surface area contributed by atoms with Gasteiger partial charge >= 0.3 is 0 Å². The van der Waals surface area contributed by atoms with Gasteiger partial charge in [-0.25, -0.2) is 4.98 Å². The van der Waals surface area contributed by atoms with Crippen molar-refractivity contribution in [1.82, 2.24) is 9.97 Å². The molecule has 0 aliphatic heterocycles. The van der Waals surface area contributed by atoms with Crippen molar-refractivity contribution in [2.45, 2.75) is 13.3 Å². The number of rotatable bonds is 3. The van der Waals surface area contributed by atoms with Crippen LogP contribution in [0.1, 0.15) is 18.1 Å². The standard InChI is InChI=1S/C17H13N3S/c1-2-13-10-19-8-7-15(13)17-20-16(11-21-17)14-5-3-12(9-18)4-6-14/h3-8,10-11H,2H2,1H3. The number of nitrogens with zero attached hydrogens (tertiary/aromatic N) is 3. The number of hydrogen-bond donors (Lipinski definition) is 0. The SMILES string of the molecule is CCc1cnccc1-c1nc(-c2ccc(C#N)cc2)cs1. The van der Waals surface area contributed by atoms with E-state index >= 15 is 0 Å². The summed E-state index contributed by atoms with van der Waals surface area (Å²) in [5, 5.41) is 11.9. The Morgan fingerprint density at radius 1 is 1.19 bits per heavy atom. The lowest BCUT2D eigenvalue weighted by Gasteiger charge is -2.03. The molecule has 0 atom stereocenters. The van der Waals surface area contributed by atoms with Crippen LogP contribution < -0.4 is 0 Å². The monoisotopic (exact) mass is 291 g/mol. The summed E-state index contributed by atoms with van der Waals surface area (Å²) in [6.45, 7) is 2.12. The van der Waals surface area contributed by atoms with Crippen molar-refractivity contribution in [3.63, 3.8) is 0 Å². The molecule has 0 fully saturated rings. The lowest BCUT2D eigenvalue weighted by molar-refractivity contribution is 1.10. The van der Waals surface area contributed by atoms with Gasteiger partial charge in [-0.1, -0.05) is 19.1 Å². The number of benzene rings is 1. The highest BCUT2D eigenvalue weighted by molar-refractivity contribution is 7.13. The Balaban J connectivity index is 1.98. The Labute approximate surface area is 127 Å². The third-order valence-electron chi connectivity index (χ3n) is 3.33. The predicted octanol–water partition coefficient (Wildman–Crippen LogP) is 4.31. The molecule has 0 N–H and O–H groups in total. The zero-order chi connectivity index (χ0) is 14.7. The van der Waals surface area contributed by atoms with Crippen molar-refractivity contribution < 1.29 is 0 Å². The summed E-state index contributed by atoms with van der Waals surface area (Å²) in [5.41, 5.74) is 4.99. The van der Waals surface area contributed by atoms with Gasteiger partial charge in [0.25, 0.3) is 0 Å². The molecule has 0 radical (unpaired) electrons. The number of nitriles is 1. The van der Waals surface area contributed by atoms with Crippen molar-refractivity contribution in [3.8, 4) is 27.9 Å². The molecular formula is C17H13N3S. The first-order valence-corrected chi connectivity index (χ1v) is 7.59. The van der Waals surface area contributed by atoms with Gasteiger partial charge in [-0.3, -0.25) is 4.98 Å². The summed E-state index contributed by atoms with van der Waals surface area (Å²) in [5.74, 6) is 0. The minimum Gasteiger partial charge on any atom is -0.264 e. The van der Waals surface area contributed by atoms with E-state index in [1.807, 2.05) is 36.5 Å². The van der Waals surface area contributed by atoms with Gasteiger partial charge < -0.3 is 0 Å². The van der Waals surface area contributed by atoms with E-state index in [1.165, 1.54) is 5.56 Å². The molecule has 3 aromatic rings. The van der Waals surface area contributed by atoms with Crippen LogP contribution in [0.2, 0.25) is 0 Å². The third kappa shape index (κ3) is 2.69. The van der Waals surface area contributed by atoms with Crippen molar-refractivity contribution >= 4 is 11.3 Å². The maximum Gasteiger partial charge on any atom is 0.124 e. The van der Waals surface area contributed by atoms with E-state index in [0.717, 1.165) is 28.2 Å². The summed E-state index contributed by atoms with van der Waals surface area (Å²) in [6.07, 6.45) is 4.64. The molecule has 0 unspecified atom stereocenters. The Bertz CT molecular complexity index is 797. The second-order valence-corrected chi connectivity index (χ2v) is 5.47. The maximum atomic E-state index is 8.84. The average Bonchev–Trinajstić information content (AvgIpc) is 3.04. The molecule has 0 saturated heterocycles. The highest BCUT2D eigenvalue weighted by Gasteiger charge is 2.09. The van der Waals surface area contributed by atoms with Crippen LogP contribution in [0.15, 0.2) is 48.1 Å². The van der Waals surface area contributed by atoms with Gasteiger partial charge in [-0.05, 0) is 30.2 Å². The normalized spacial score (nSPS) is 10.3. The van der Waals surface area contributed by atoms with Crippen molar-refractivity contribution in [1.29, 1.82) is 5.26 Å². The lowest BCUT2D eigenvalue weighted by Crippen LogP contribution is -1.88. The molecule has 0 amide bonds. The molecule has 0 bridgehead atoms. The molecule has 3 rings (SSSR count). The highest BCUT2D eigenvalue weighted by Crippen LogP contribution is 2.30. The largest absolute Gasteiger partial charge is 0.264 e. The number of aromatic nitrogens is 2. The second-order valence-electron chi connectivity index (χ2n) is 4.61. The zero-order valence-electron chi connectivity index (χ0n) is 11.6. The van der Waals surface area contributed by atoms with E-state index in [9.17, 15) is 0 Å². The van der Waals surface area contributed by atoms with E-state index in [0.29, 0.717) is 5.56 Å². The van der Waals surface area contributed by atoms with Crippen molar-refractivity contribution in [3.05, 3.63) is 59.2 Å². The maximum absolute atomic E-state index is 8.84. The Kier molecular flexibility index (Phi) is 3.76. The van der Waals surface area contributed by atoms with Crippen LogP contribution in [0.25, 0.3) is 21.8 Å². The number of aryl methyl sites for hydroxylation is 1. The summed E-state index contributed by atoms with van der Waals surface area (Å²) >= 11 is 1.63. The summed E-state index contributed by atoms with van der Waals surface area (Å²) in [4.78, 5) is 8.89. The van der Waals surface area contributed by atoms with Crippen LogP contribution in [-0.2, 0) is 6.42 Å². The van der Waals surface area contributed by atoms with E-state index in [2.05, 4.69) is 23.4 Å². The van der Waals surface area contributed by atoms with Gasteiger partial charge in [0.05, 0.1) is 17.3 Å². The van der Waals surface area contributed by atoms with Crippen LogP contribution in [0.5, 0.6) is 0 Å². The molecule has 0 saturated carbocycles. The second kappa shape index (κ2) is 5.86. The molecule has 0 spiro atoms. The fourth-order valence-corrected chi connectivity index (χ4v) is 3.05. The summed E-state index contributed by atoms with van der Waals surface area (Å²) < 4.78 is 0. The number of thiazole rings is 1. The predicted molar refractivity (Wildman–Crippen MR) is 84.9 cm³/mol. The lowest BCUT2D eigenvalue weighted by atomic mass is 10.1. The molecule has 21 heavy (non-hydrogen) atoms. The van der Waals surface area contributed by atoms with Gasteiger partial charge in [0.15, 0.2) is 0 Å². The van der Waals surface area contributed by atoms with Gasteiger partial charge in [0.1, 0.15) is 5.01 Å². The Hall–Kier alpha value is -2.51. The van der Waals surface area contributed by atoms with E-state index in [4.69, 9.17) is 10.2 Å². The fourth-order valence-electron chi connectivity index (χ4n) is 2.16. The van der Waals surface area contributed by atoms with Crippen LogP contribution in [0.3, 0.4) is 0 Å². The smallest absolute Gasteiger partial charge is 0.124 e. The van der Waals surface area contributed by atoms with E-state index < -0.39 is 0 Å². The van der Waals surface area contributed by atoms with Crippen molar-refractivity contribution in [2.75, 3.05) is 0 Å². The fraction of sp³-hybridized carbons (Fsp3) is 0.118. The molecule has 0 aliphatic rings. The average molecular weight is 291 g/mol. The molecule has 2 aromatic heterocycles. The molecular weight excluding hydrogens is 278 g/mol.